The van der Waals surface area contributed by atoms with E-state index in [9.17, 15) is 22.8 Å². The number of carbonyl (C=O) groups excluding carboxylic acids is 2. The van der Waals surface area contributed by atoms with Crippen molar-refractivity contribution in [1.29, 1.82) is 0 Å². The monoisotopic (exact) mass is 445 g/mol. The highest BCUT2D eigenvalue weighted by Crippen LogP contribution is 2.38. The Morgan fingerprint density at radius 3 is 2.59 bits per heavy atom. The Labute approximate surface area is 185 Å². The summed E-state index contributed by atoms with van der Waals surface area (Å²) in [5.41, 5.74) is 2.18. The molecule has 2 atom stereocenters. The topological polar surface area (TPSA) is 52.7 Å². The number of piperazine rings is 1. The van der Waals surface area contributed by atoms with Gasteiger partial charge in [-0.25, -0.2) is 4.79 Å². The number of halogens is 3. The van der Waals surface area contributed by atoms with Crippen molar-refractivity contribution >= 4 is 11.9 Å². The smallest absolute Gasteiger partial charge is 0.335 e. The summed E-state index contributed by atoms with van der Waals surface area (Å²) in [5, 5.41) is 2.80. The molecular weight excluding hydrogens is 419 g/mol. The van der Waals surface area contributed by atoms with E-state index in [1.807, 2.05) is 36.1 Å². The lowest BCUT2D eigenvalue weighted by Crippen LogP contribution is -2.57. The van der Waals surface area contributed by atoms with Gasteiger partial charge >= 0.3 is 12.2 Å². The van der Waals surface area contributed by atoms with E-state index in [0.717, 1.165) is 23.3 Å². The van der Waals surface area contributed by atoms with Crippen LogP contribution in [-0.4, -0.2) is 40.9 Å². The third-order valence-electron chi connectivity index (χ3n) is 6.33. The zero-order valence-electron chi connectivity index (χ0n) is 18.1. The van der Waals surface area contributed by atoms with Gasteiger partial charge in [0.15, 0.2) is 0 Å². The van der Waals surface area contributed by atoms with Crippen molar-refractivity contribution in [2.24, 2.45) is 0 Å². The zero-order chi connectivity index (χ0) is 23.0. The van der Waals surface area contributed by atoms with Gasteiger partial charge in [0.05, 0.1) is 17.6 Å². The minimum Gasteiger partial charge on any atom is -0.335 e. The van der Waals surface area contributed by atoms with Gasteiger partial charge in [-0.05, 0) is 49.1 Å². The maximum atomic E-state index is 13.2. The molecular formula is C24H26F3N3O2. The maximum absolute atomic E-state index is 13.2. The first-order valence-corrected chi connectivity index (χ1v) is 10.7. The summed E-state index contributed by atoms with van der Waals surface area (Å²) in [4.78, 5) is 29.1. The fourth-order valence-corrected chi connectivity index (χ4v) is 4.87. The van der Waals surface area contributed by atoms with Gasteiger partial charge in [-0.2, -0.15) is 13.2 Å². The SMILES string of the molecule is Cc1cc(CNC(=O)N2CCN3C(=O)CCC3C2c2ccccc2C)cc(C(F)(F)F)c1. The Balaban J connectivity index is 1.56. The number of hydrogen-bond donors (Lipinski definition) is 1. The lowest BCUT2D eigenvalue weighted by molar-refractivity contribution is -0.137. The van der Waals surface area contributed by atoms with E-state index in [0.29, 0.717) is 37.1 Å². The number of hydrogen-bond acceptors (Lipinski definition) is 2. The molecule has 0 bridgehead atoms. The van der Waals surface area contributed by atoms with E-state index >= 15 is 0 Å². The normalized spacial score (nSPS) is 21.0. The molecule has 170 valence electrons. The van der Waals surface area contributed by atoms with E-state index in [2.05, 4.69) is 5.32 Å². The molecule has 32 heavy (non-hydrogen) atoms. The van der Waals surface area contributed by atoms with Crippen LogP contribution in [0.25, 0.3) is 0 Å². The van der Waals surface area contributed by atoms with Gasteiger partial charge in [0, 0.05) is 26.1 Å². The maximum Gasteiger partial charge on any atom is 0.416 e. The Morgan fingerprint density at radius 2 is 1.88 bits per heavy atom. The molecule has 2 saturated heterocycles. The first kappa shape index (κ1) is 22.2. The van der Waals surface area contributed by atoms with Crippen LogP contribution in [0.1, 0.15) is 46.7 Å². The first-order valence-electron chi connectivity index (χ1n) is 10.7. The Hall–Kier alpha value is -3.03. The fourth-order valence-electron chi connectivity index (χ4n) is 4.87. The summed E-state index contributed by atoms with van der Waals surface area (Å²) in [6.07, 6.45) is -3.30. The second kappa shape index (κ2) is 8.48. The molecule has 8 heteroatoms. The number of alkyl halides is 3. The van der Waals surface area contributed by atoms with Crippen molar-refractivity contribution in [1.82, 2.24) is 15.1 Å². The zero-order valence-corrected chi connectivity index (χ0v) is 18.1. The van der Waals surface area contributed by atoms with Gasteiger partial charge in [-0.15, -0.1) is 0 Å². The summed E-state index contributed by atoms with van der Waals surface area (Å²) in [7, 11) is 0. The van der Waals surface area contributed by atoms with Crippen LogP contribution in [0.15, 0.2) is 42.5 Å². The van der Waals surface area contributed by atoms with Gasteiger partial charge in [0.1, 0.15) is 0 Å². The molecule has 0 aromatic heterocycles. The number of aryl methyl sites for hydroxylation is 2. The van der Waals surface area contributed by atoms with Crippen molar-refractivity contribution in [3.63, 3.8) is 0 Å². The molecule has 2 aliphatic rings. The summed E-state index contributed by atoms with van der Waals surface area (Å²) >= 11 is 0. The minimum absolute atomic E-state index is 0.00605. The number of nitrogens with one attached hydrogen (secondary N) is 1. The quantitative estimate of drug-likeness (QED) is 0.752. The van der Waals surface area contributed by atoms with Crippen LogP contribution >= 0.6 is 0 Å². The van der Waals surface area contributed by atoms with Crippen molar-refractivity contribution in [2.45, 2.75) is 51.5 Å². The minimum atomic E-state index is -4.44. The number of benzene rings is 2. The third kappa shape index (κ3) is 4.31. The van der Waals surface area contributed by atoms with E-state index in [1.165, 1.54) is 0 Å². The van der Waals surface area contributed by atoms with Crippen LogP contribution < -0.4 is 5.32 Å². The molecule has 2 heterocycles. The molecule has 2 unspecified atom stereocenters. The average molecular weight is 445 g/mol. The molecule has 5 nitrogen and oxygen atoms in total. The number of rotatable bonds is 3. The molecule has 2 fully saturated rings. The molecule has 1 N–H and O–H groups in total. The summed E-state index contributed by atoms with van der Waals surface area (Å²) in [5.74, 6) is 0.105. The molecule has 2 aromatic carbocycles. The number of fused-ring (bicyclic) bond motifs is 1. The molecule has 0 radical (unpaired) electrons. The predicted molar refractivity (Wildman–Crippen MR) is 114 cm³/mol. The molecule has 0 aliphatic carbocycles. The van der Waals surface area contributed by atoms with E-state index in [-0.39, 0.29) is 30.6 Å². The first-order chi connectivity index (χ1) is 15.1. The van der Waals surface area contributed by atoms with Crippen molar-refractivity contribution < 1.29 is 22.8 Å². The van der Waals surface area contributed by atoms with Crippen LogP contribution in [0.3, 0.4) is 0 Å². The van der Waals surface area contributed by atoms with Gasteiger partial charge in [-0.1, -0.05) is 35.9 Å². The number of urea groups is 1. The highest BCUT2D eigenvalue weighted by atomic mass is 19.4. The molecule has 2 aromatic rings. The molecule has 0 spiro atoms. The second-order valence-electron chi connectivity index (χ2n) is 8.55. The number of amides is 3. The molecule has 2 aliphatic heterocycles. The largest absolute Gasteiger partial charge is 0.416 e. The van der Waals surface area contributed by atoms with Crippen molar-refractivity contribution in [3.05, 3.63) is 70.3 Å². The lowest BCUT2D eigenvalue weighted by Gasteiger charge is -2.45. The van der Waals surface area contributed by atoms with E-state index < -0.39 is 11.7 Å². The number of nitrogens with zero attached hydrogens (tertiary/aromatic N) is 2. The van der Waals surface area contributed by atoms with Crippen LogP contribution in [0.4, 0.5) is 18.0 Å². The summed E-state index contributed by atoms with van der Waals surface area (Å²) in [6.45, 7) is 4.40. The Bertz CT molecular complexity index is 1040. The van der Waals surface area contributed by atoms with Gasteiger partial charge < -0.3 is 15.1 Å². The second-order valence-corrected chi connectivity index (χ2v) is 8.55. The highest BCUT2D eigenvalue weighted by Gasteiger charge is 2.45. The third-order valence-corrected chi connectivity index (χ3v) is 6.33. The van der Waals surface area contributed by atoms with Crippen LogP contribution in [0.5, 0.6) is 0 Å². The van der Waals surface area contributed by atoms with Gasteiger partial charge in [0.25, 0.3) is 0 Å². The standard InChI is InChI=1S/C24H26F3N3O2/c1-15-11-17(13-18(12-15)24(25,26)27)14-28-23(32)30-10-9-29-20(7-8-21(29)31)22(30)19-6-4-3-5-16(19)2/h3-6,11-13,20,22H,7-10,14H2,1-2H3,(H,28,32). The molecule has 4 rings (SSSR count). The van der Waals surface area contributed by atoms with Crippen LogP contribution in [-0.2, 0) is 17.5 Å². The fraction of sp³-hybridized carbons (Fsp3) is 0.417. The van der Waals surface area contributed by atoms with Crippen LogP contribution in [0, 0.1) is 13.8 Å². The van der Waals surface area contributed by atoms with E-state index in [4.69, 9.17) is 0 Å². The number of carbonyl (C=O) groups is 2. The van der Waals surface area contributed by atoms with Crippen molar-refractivity contribution in [2.75, 3.05) is 13.1 Å². The van der Waals surface area contributed by atoms with E-state index in [1.54, 1.807) is 17.9 Å². The lowest BCUT2D eigenvalue weighted by atomic mass is 9.91. The summed E-state index contributed by atoms with van der Waals surface area (Å²) < 4.78 is 39.4. The average Bonchev–Trinajstić information content (AvgIpc) is 3.12. The molecule has 3 amide bonds. The van der Waals surface area contributed by atoms with Crippen molar-refractivity contribution in [3.8, 4) is 0 Å². The Kier molecular flexibility index (Phi) is 5.88. The van der Waals surface area contributed by atoms with Crippen LogP contribution in [0.2, 0.25) is 0 Å². The summed E-state index contributed by atoms with van der Waals surface area (Å²) in [6, 6.07) is 10.9. The van der Waals surface area contributed by atoms with Gasteiger partial charge in [-0.3, -0.25) is 4.79 Å². The van der Waals surface area contributed by atoms with Gasteiger partial charge in [0.2, 0.25) is 5.91 Å². The predicted octanol–water partition coefficient (Wildman–Crippen LogP) is 4.58. The Morgan fingerprint density at radius 1 is 1.12 bits per heavy atom. The molecule has 0 saturated carbocycles. The highest BCUT2D eigenvalue weighted by molar-refractivity contribution is 5.81.